The van der Waals surface area contributed by atoms with Gasteiger partial charge in [-0.05, 0) is 43.9 Å². The number of nitrogens with zero attached hydrogens (tertiary/aromatic N) is 3. The molecule has 1 fully saturated rings. The maximum absolute atomic E-state index is 13.8. The molecule has 5 rings (SSSR count). The molecule has 1 N–H and O–H groups in total. The smallest absolute Gasteiger partial charge is 0.290 e. The number of carbonyl (C=O) groups excluding carboxylic acids is 2. The van der Waals surface area contributed by atoms with Crippen molar-refractivity contribution in [1.82, 2.24) is 19.8 Å². The van der Waals surface area contributed by atoms with E-state index in [0.29, 0.717) is 25.3 Å². The van der Waals surface area contributed by atoms with Crippen molar-refractivity contribution in [3.63, 3.8) is 0 Å². The van der Waals surface area contributed by atoms with E-state index in [1.807, 2.05) is 54.0 Å². The van der Waals surface area contributed by atoms with Gasteiger partial charge in [-0.1, -0.05) is 68.1 Å². The molecule has 0 bridgehead atoms. The first-order valence-electron chi connectivity index (χ1n) is 12.2. The van der Waals surface area contributed by atoms with E-state index in [0.717, 1.165) is 42.3 Å². The first kappa shape index (κ1) is 21.7. The van der Waals surface area contributed by atoms with Crippen LogP contribution in [0.15, 0.2) is 54.6 Å². The molecule has 1 saturated carbocycles. The largest absolute Gasteiger partial charge is 0.351 e. The Morgan fingerprint density at radius 3 is 2.48 bits per heavy atom. The summed E-state index contributed by atoms with van der Waals surface area (Å²) in [6.07, 6.45) is 7.48. The molecule has 1 aromatic heterocycles. The van der Waals surface area contributed by atoms with E-state index in [1.54, 1.807) is 4.90 Å². The van der Waals surface area contributed by atoms with Crippen LogP contribution in [0.1, 0.15) is 61.6 Å². The van der Waals surface area contributed by atoms with Crippen molar-refractivity contribution in [2.75, 3.05) is 6.54 Å². The fourth-order valence-corrected chi connectivity index (χ4v) is 5.33. The van der Waals surface area contributed by atoms with Crippen molar-refractivity contribution in [3.8, 4) is 0 Å². The van der Waals surface area contributed by atoms with Crippen molar-refractivity contribution in [2.24, 2.45) is 0 Å². The quantitative estimate of drug-likeness (QED) is 0.596. The molecule has 2 heterocycles. The van der Waals surface area contributed by atoms with Crippen LogP contribution in [0, 0.1) is 0 Å². The highest BCUT2D eigenvalue weighted by molar-refractivity contribution is 6.01. The summed E-state index contributed by atoms with van der Waals surface area (Å²) in [4.78, 5) is 33.9. The molecule has 1 unspecified atom stereocenters. The van der Waals surface area contributed by atoms with Crippen LogP contribution >= 0.6 is 0 Å². The maximum Gasteiger partial charge on any atom is 0.290 e. The molecular formula is C27H32N4O2. The summed E-state index contributed by atoms with van der Waals surface area (Å²) in [5, 5.41) is 3.32. The zero-order valence-corrected chi connectivity index (χ0v) is 19.3. The van der Waals surface area contributed by atoms with Crippen LogP contribution in [-0.4, -0.2) is 44.4 Å². The summed E-state index contributed by atoms with van der Waals surface area (Å²) in [5.74, 6) is 0.190. The van der Waals surface area contributed by atoms with E-state index in [2.05, 4.69) is 22.4 Å². The Kier molecular flexibility index (Phi) is 5.92. The first-order chi connectivity index (χ1) is 16.1. The first-order valence-corrected chi connectivity index (χ1v) is 12.2. The normalized spacial score (nSPS) is 21.6. The molecule has 1 aliphatic carbocycles. The molecule has 2 aliphatic rings. The Morgan fingerprint density at radius 2 is 1.73 bits per heavy atom. The minimum absolute atomic E-state index is 0.0563. The van der Waals surface area contributed by atoms with Gasteiger partial charge in [0.2, 0.25) is 5.91 Å². The van der Waals surface area contributed by atoms with Gasteiger partial charge >= 0.3 is 0 Å². The van der Waals surface area contributed by atoms with Crippen LogP contribution in [0.3, 0.4) is 0 Å². The van der Waals surface area contributed by atoms with Crippen molar-refractivity contribution in [1.29, 1.82) is 0 Å². The maximum atomic E-state index is 13.8. The third kappa shape index (κ3) is 4.14. The lowest BCUT2D eigenvalue weighted by atomic mass is 9.93. The summed E-state index contributed by atoms with van der Waals surface area (Å²) in [7, 11) is 0. The monoisotopic (exact) mass is 444 g/mol. The Morgan fingerprint density at radius 1 is 1.03 bits per heavy atom. The lowest BCUT2D eigenvalue weighted by Crippen LogP contribution is -2.65. The molecule has 6 nitrogen and oxygen atoms in total. The van der Waals surface area contributed by atoms with Gasteiger partial charge in [0.25, 0.3) is 5.91 Å². The van der Waals surface area contributed by atoms with Crippen molar-refractivity contribution >= 4 is 22.8 Å². The number of rotatable bonds is 5. The van der Waals surface area contributed by atoms with Gasteiger partial charge < -0.3 is 14.8 Å². The number of para-hydroxylation sites is 2. The van der Waals surface area contributed by atoms with Crippen LogP contribution in [0.4, 0.5) is 0 Å². The molecule has 0 saturated heterocycles. The zero-order valence-electron chi connectivity index (χ0n) is 19.3. The Hall–Kier alpha value is -3.15. The lowest BCUT2D eigenvalue weighted by Gasteiger charge is -2.44. The van der Waals surface area contributed by atoms with E-state index in [1.165, 1.54) is 12.8 Å². The molecule has 0 spiro atoms. The molecule has 6 heteroatoms. The molecule has 2 amide bonds. The number of fused-ring (bicyclic) bond motifs is 3. The number of aromatic nitrogens is 2. The number of imidazole rings is 1. The zero-order chi connectivity index (χ0) is 22.8. The molecular weight excluding hydrogens is 412 g/mol. The van der Waals surface area contributed by atoms with E-state index < -0.39 is 5.54 Å². The highest BCUT2D eigenvalue weighted by Crippen LogP contribution is 2.31. The Balaban J connectivity index is 1.48. The van der Waals surface area contributed by atoms with Crippen LogP contribution in [0.2, 0.25) is 0 Å². The van der Waals surface area contributed by atoms with E-state index in [-0.39, 0.29) is 17.9 Å². The van der Waals surface area contributed by atoms with E-state index >= 15 is 0 Å². The highest BCUT2D eigenvalue weighted by atomic mass is 16.2. The molecule has 0 radical (unpaired) electrons. The second-order valence-electron chi connectivity index (χ2n) is 9.64. The van der Waals surface area contributed by atoms with Gasteiger partial charge in [0, 0.05) is 12.6 Å². The van der Waals surface area contributed by atoms with Gasteiger partial charge in [0.05, 0.1) is 17.6 Å². The van der Waals surface area contributed by atoms with E-state index in [9.17, 15) is 9.59 Å². The fourth-order valence-electron chi connectivity index (χ4n) is 5.33. The van der Waals surface area contributed by atoms with E-state index in [4.69, 9.17) is 0 Å². The third-order valence-corrected chi connectivity index (χ3v) is 7.30. The summed E-state index contributed by atoms with van der Waals surface area (Å²) in [6, 6.07) is 18.1. The van der Waals surface area contributed by atoms with Crippen LogP contribution in [-0.2, 0) is 17.8 Å². The number of nitrogens with one attached hydrogen (secondary N) is 1. The average molecular weight is 445 g/mol. The van der Waals surface area contributed by atoms with Gasteiger partial charge in [-0.2, -0.15) is 0 Å². The second-order valence-corrected chi connectivity index (χ2v) is 9.64. The standard InChI is InChI=1S/C27H32N4O2/c1-27(26(33)28-21-13-7-2-3-8-14-21)19-30-23-16-10-9-15-22(23)29-24(30)25(32)31(27)18-17-20-11-5-4-6-12-20/h4-6,9-12,15-16,21H,2-3,7-8,13-14,17-19H2,1H3,(H,28,33). The molecule has 172 valence electrons. The average Bonchev–Trinajstić information content (AvgIpc) is 3.00. The van der Waals surface area contributed by atoms with Gasteiger partial charge in [0.15, 0.2) is 5.82 Å². The molecule has 33 heavy (non-hydrogen) atoms. The van der Waals surface area contributed by atoms with Crippen LogP contribution in [0.25, 0.3) is 11.0 Å². The van der Waals surface area contributed by atoms with Gasteiger partial charge in [-0.25, -0.2) is 4.98 Å². The molecule has 1 aliphatic heterocycles. The SMILES string of the molecule is CC1(C(=O)NC2CCCCCC2)Cn2c(nc3ccccc32)C(=O)N1CCc1ccccc1. The second kappa shape index (κ2) is 9.00. The number of hydrogen-bond donors (Lipinski definition) is 1. The number of hydrogen-bond acceptors (Lipinski definition) is 3. The summed E-state index contributed by atoms with van der Waals surface area (Å²) < 4.78 is 1.93. The Labute approximate surface area is 195 Å². The predicted molar refractivity (Wildman–Crippen MR) is 129 cm³/mol. The topological polar surface area (TPSA) is 67.2 Å². The summed E-state index contributed by atoms with van der Waals surface area (Å²) >= 11 is 0. The third-order valence-electron chi connectivity index (χ3n) is 7.30. The minimum atomic E-state index is -0.978. The molecule has 1 atom stereocenters. The molecule has 3 aromatic rings. The number of benzene rings is 2. The van der Waals surface area contributed by atoms with Crippen LogP contribution < -0.4 is 5.32 Å². The minimum Gasteiger partial charge on any atom is -0.351 e. The van der Waals surface area contributed by atoms with Crippen LogP contribution in [0.5, 0.6) is 0 Å². The van der Waals surface area contributed by atoms with Crippen molar-refractivity contribution in [3.05, 3.63) is 66.0 Å². The van der Waals surface area contributed by atoms with Gasteiger partial charge in [-0.15, -0.1) is 0 Å². The Bertz CT molecular complexity index is 1150. The summed E-state index contributed by atoms with van der Waals surface area (Å²) in [5.41, 5.74) is 1.86. The van der Waals surface area contributed by atoms with Gasteiger partial charge in [-0.3, -0.25) is 9.59 Å². The molecule has 2 aromatic carbocycles. The summed E-state index contributed by atoms with van der Waals surface area (Å²) in [6.45, 7) is 2.79. The number of carbonyl (C=O) groups is 2. The van der Waals surface area contributed by atoms with Crippen molar-refractivity contribution in [2.45, 2.75) is 70.0 Å². The number of amides is 2. The van der Waals surface area contributed by atoms with Gasteiger partial charge in [0.1, 0.15) is 5.54 Å². The predicted octanol–water partition coefficient (Wildman–Crippen LogP) is 4.33. The lowest BCUT2D eigenvalue weighted by molar-refractivity contribution is -0.133. The van der Waals surface area contributed by atoms with Crippen molar-refractivity contribution < 1.29 is 9.59 Å². The fraction of sp³-hybridized carbons (Fsp3) is 0.444. The highest BCUT2D eigenvalue weighted by Gasteiger charge is 2.48.